The van der Waals surface area contributed by atoms with Gasteiger partial charge in [0, 0.05) is 24.9 Å². The number of esters is 1. The van der Waals surface area contributed by atoms with Crippen molar-refractivity contribution >= 4 is 12.0 Å². The molecule has 7 atom stereocenters. The molecule has 1 aromatic carbocycles. The third-order valence-electron chi connectivity index (χ3n) is 13.5. The Morgan fingerprint density at radius 1 is 0.957 bits per heavy atom. The minimum atomic E-state index is -0.175. The second-order valence-electron chi connectivity index (χ2n) is 16.0. The Labute approximate surface area is 277 Å². The number of piperidine rings is 1. The van der Waals surface area contributed by atoms with Gasteiger partial charge < -0.3 is 19.1 Å². The molecular weight excluding hydrogens is 572 g/mol. The second-order valence-corrected chi connectivity index (χ2v) is 16.0. The molecule has 1 aromatic rings. The zero-order chi connectivity index (χ0) is 31.9. The Morgan fingerprint density at radius 3 is 2.50 bits per heavy atom. The van der Waals surface area contributed by atoms with E-state index in [1.165, 1.54) is 96.0 Å². The lowest BCUT2D eigenvalue weighted by Crippen LogP contribution is -2.52. The highest BCUT2D eigenvalue weighted by atomic mass is 16.5. The van der Waals surface area contributed by atoms with Crippen LogP contribution in [0.15, 0.2) is 35.4 Å². The van der Waals surface area contributed by atoms with Crippen LogP contribution in [0.5, 0.6) is 11.5 Å². The highest BCUT2D eigenvalue weighted by Gasteiger charge is 2.61. The summed E-state index contributed by atoms with van der Waals surface area (Å²) in [6, 6.07) is 7.04. The molecule has 6 heteroatoms. The third kappa shape index (κ3) is 6.06. The van der Waals surface area contributed by atoms with Gasteiger partial charge in [0.05, 0.1) is 7.11 Å². The van der Waals surface area contributed by atoms with Gasteiger partial charge in [0.2, 0.25) is 0 Å². The molecule has 6 aliphatic rings. The largest absolute Gasteiger partial charge is 0.493 e. The zero-order valence-corrected chi connectivity index (χ0v) is 29.0. The predicted molar refractivity (Wildman–Crippen MR) is 184 cm³/mol. The van der Waals surface area contributed by atoms with Gasteiger partial charge in [-0.2, -0.15) is 0 Å². The van der Waals surface area contributed by atoms with Crippen molar-refractivity contribution in [3.63, 3.8) is 0 Å². The van der Waals surface area contributed by atoms with Gasteiger partial charge in [-0.05, 0) is 143 Å². The second kappa shape index (κ2) is 13.3. The van der Waals surface area contributed by atoms with Crippen LogP contribution >= 0.6 is 0 Å². The summed E-state index contributed by atoms with van der Waals surface area (Å²) in [7, 11) is 1.72. The topological polar surface area (TPSA) is 51.2 Å². The number of methoxy groups -OCH3 is 1. The van der Waals surface area contributed by atoms with Gasteiger partial charge >= 0.3 is 5.97 Å². The minimum absolute atomic E-state index is 0.0330. The lowest BCUT2D eigenvalue weighted by molar-refractivity contribution is -0.154. The van der Waals surface area contributed by atoms with E-state index in [1.54, 1.807) is 19.6 Å². The number of allylic oxidation sites excluding steroid dienone is 1. The van der Waals surface area contributed by atoms with Crippen LogP contribution < -0.4 is 9.47 Å². The molecule has 4 aliphatic carbocycles. The van der Waals surface area contributed by atoms with Crippen molar-refractivity contribution in [1.82, 2.24) is 9.80 Å². The van der Waals surface area contributed by atoms with E-state index < -0.39 is 0 Å². The molecule has 0 spiro atoms. The van der Waals surface area contributed by atoms with E-state index in [2.05, 4.69) is 54.0 Å². The minimum Gasteiger partial charge on any atom is -0.493 e. The molecule has 0 N–H and O–H groups in total. The van der Waals surface area contributed by atoms with Crippen LogP contribution in [0, 0.1) is 28.6 Å². The first-order valence-electron chi connectivity index (χ1n) is 18.6. The molecule has 7 rings (SSSR count). The molecule has 0 unspecified atom stereocenters. The third-order valence-corrected chi connectivity index (χ3v) is 13.5. The molecule has 0 radical (unpaired) electrons. The van der Waals surface area contributed by atoms with Gasteiger partial charge in [0.1, 0.15) is 12.7 Å². The Hall–Kier alpha value is -2.31. The van der Waals surface area contributed by atoms with Gasteiger partial charge in [0.15, 0.2) is 11.5 Å². The van der Waals surface area contributed by atoms with E-state index >= 15 is 0 Å². The molecule has 2 aliphatic heterocycles. The van der Waals surface area contributed by atoms with E-state index in [0.29, 0.717) is 23.9 Å². The number of ether oxygens (including phenoxy) is 3. The summed E-state index contributed by atoms with van der Waals surface area (Å²) >= 11 is 0. The molecular formula is C40H58N2O4. The van der Waals surface area contributed by atoms with Crippen molar-refractivity contribution in [2.75, 3.05) is 46.4 Å². The number of fused-ring (bicyclic) bond motifs is 5. The van der Waals surface area contributed by atoms with Crippen molar-refractivity contribution < 1.29 is 19.0 Å². The highest BCUT2D eigenvalue weighted by molar-refractivity contribution is 5.68. The first-order chi connectivity index (χ1) is 22.3. The van der Waals surface area contributed by atoms with E-state index in [9.17, 15) is 4.79 Å². The number of hydrogen-bond acceptors (Lipinski definition) is 6. The maximum atomic E-state index is 12.5. The monoisotopic (exact) mass is 630 g/mol. The molecule has 0 amide bonds. The molecule has 252 valence electrons. The first kappa shape index (κ1) is 32.2. The number of likely N-dealkylation sites (tertiary alicyclic amines) is 2. The fraction of sp³-hybridized carbons (Fsp3) is 0.725. The number of carbonyl (C=O) groups excluding carboxylic acids is 1. The van der Waals surface area contributed by atoms with Crippen molar-refractivity contribution in [1.29, 1.82) is 0 Å². The number of hydrogen-bond donors (Lipinski definition) is 0. The molecule has 2 saturated heterocycles. The molecule has 2 heterocycles. The van der Waals surface area contributed by atoms with Crippen molar-refractivity contribution in [2.24, 2.45) is 28.6 Å². The molecule has 0 aromatic heterocycles. The first-order valence-corrected chi connectivity index (χ1v) is 18.6. The van der Waals surface area contributed by atoms with Crippen LogP contribution in [0.4, 0.5) is 0 Å². The summed E-state index contributed by atoms with van der Waals surface area (Å²) < 4.78 is 18.3. The molecule has 46 heavy (non-hydrogen) atoms. The molecule has 5 fully saturated rings. The normalized spacial score (nSPS) is 37.3. The van der Waals surface area contributed by atoms with Gasteiger partial charge in [-0.15, -0.1) is 0 Å². The van der Waals surface area contributed by atoms with Crippen LogP contribution in [0.2, 0.25) is 0 Å². The number of nitrogens with zero attached hydrogens (tertiary/aromatic N) is 2. The van der Waals surface area contributed by atoms with E-state index in [1.807, 2.05) is 0 Å². The maximum absolute atomic E-state index is 12.5. The maximum Gasteiger partial charge on any atom is 0.303 e. The van der Waals surface area contributed by atoms with E-state index in [0.717, 1.165) is 48.4 Å². The van der Waals surface area contributed by atoms with Crippen molar-refractivity contribution in [2.45, 2.75) is 110 Å². The van der Waals surface area contributed by atoms with Crippen LogP contribution in [0.25, 0.3) is 6.08 Å². The summed E-state index contributed by atoms with van der Waals surface area (Å²) in [6.45, 7) is 13.2. The predicted octanol–water partition coefficient (Wildman–Crippen LogP) is 7.91. The van der Waals surface area contributed by atoms with Gasteiger partial charge in [-0.1, -0.05) is 44.1 Å². The summed E-state index contributed by atoms with van der Waals surface area (Å²) in [6.07, 6.45) is 20.0. The highest BCUT2D eigenvalue weighted by Crippen LogP contribution is 2.66. The van der Waals surface area contributed by atoms with Crippen molar-refractivity contribution in [3.8, 4) is 11.5 Å². The van der Waals surface area contributed by atoms with Gasteiger partial charge in [0.25, 0.3) is 0 Å². The lowest BCUT2D eigenvalue weighted by Gasteiger charge is -2.58. The number of benzene rings is 1. The quantitative estimate of drug-likeness (QED) is 0.215. The summed E-state index contributed by atoms with van der Waals surface area (Å²) in [5, 5.41) is 0. The van der Waals surface area contributed by atoms with Crippen LogP contribution in [-0.4, -0.2) is 74.4 Å². The fourth-order valence-electron chi connectivity index (χ4n) is 11.0. The SMILES string of the molecule is COc1cc(/C=C2/C[C@H]3[C@@H]4CC=C5C[C@@H](N6CCCC6)CC[C@]5(C)[C@H]4CC[C@]3(C)[C@H]2OC(C)=O)ccc1OCCN1CCCCC1. The van der Waals surface area contributed by atoms with Gasteiger partial charge in [-0.3, -0.25) is 9.69 Å². The van der Waals surface area contributed by atoms with Crippen LogP contribution in [0.3, 0.4) is 0 Å². The van der Waals surface area contributed by atoms with Gasteiger partial charge in [-0.25, -0.2) is 0 Å². The number of carbonyl (C=O) groups is 1. The zero-order valence-electron chi connectivity index (χ0n) is 29.0. The van der Waals surface area contributed by atoms with Crippen LogP contribution in [-0.2, 0) is 9.53 Å². The molecule has 3 saturated carbocycles. The number of rotatable bonds is 8. The van der Waals surface area contributed by atoms with E-state index in [4.69, 9.17) is 14.2 Å². The standard InChI is InChI=1S/C40H58N2O4/c1-28(43)46-38-30(24-29-10-13-36(37(25-29)44-4)45-23-22-41-18-6-5-7-19-41)26-35-33-12-11-31-27-32(42-20-8-9-21-42)14-16-39(31,2)34(33)15-17-40(35,38)3/h10-11,13,24-25,32-35,38H,5-9,12,14-23,26-27H2,1-4H3/b30-24-/t32-,33+,34-,35-,38-,39-,40-/m0/s1. The average Bonchev–Trinajstić information content (AvgIpc) is 3.69. The summed E-state index contributed by atoms with van der Waals surface area (Å²) in [5.74, 6) is 3.28. The smallest absolute Gasteiger partial charge is 0.303 e. The fourth-order valence-corrected chi connectivity index (χ4v) is 11.0. The Kier molecular flexibility index (Phi) is 9.32. The summed E-state index contributed by atoms with van der Waals surface area (Å²) in [4.78, 5) is 17.8. The van der Waals surface area contributed by atoms with E-state index in [-0.39, 0.29) is 17.5 Å². The Bertz CT molecular complexity index is 1330. The molecule has 0 bridgehead atoms. The lowest BCUT2D eigenvalue weighted by atomic mass is 9.48. The average molecular weight is 631 g/mol. The Morgan fingerprint density at radius 2 is 1.74 bits per heavy atom. The Balaban J connectivity index is 1.10. The molecule has 6 nitrogen and oxygen atoms in total. The summed E-state index contributed by atoms with van der Waals surface area (Å²) in [5.41, 5.74) is 4.40. The van der Waals surface area contributed by atoms with Crippen LogP contribution in [0.1, 0.15) is 103 Å². The van der Waals surface area contributed by atoms with Crippen molar-refractivity contribution in [3.05, 3.63) is 41.0 Å².